The first-order valence-electron chi connectivity index (χ1n) is 11.9. The molecule has 0 atom stereocenters. The molecule has 2 aromatic rings. The summed E-state index contributed by atoms with van der Waals surface area (Å²) >= 11 is 0. The van der Waals surface area contributed by atoms with Crippen molar-refractivity contribution in [2.24, 2.45) is 5.92 Å². The Balaban J connectivity index is 1.58. The predicted molar refractivity (Wildman–Crippen MR) is 129 cm³/mol. The van der Waals surface area contributed by atoms with Gasteiger partial charge in [0.1, 0.15) is 6.61 Å². The highest BCUT2D eigenvalue weighted by atomic mass is 16.5. The summed E-state index contributed by atoms with van der Waals surface area (Å²) < 4.78 is 16.7. The minimum absolute atomic E-state index is 0.0484. The topological polar surface area (TPSA) is 98.3 Å². The Morgan fingerprint density at radius 3 is 2.37 bits per heavy atom. The predicted octanol–water partition coefficient (Wildman–Crippen LogP) is 2.93. The Morgan fingerprint density at radius 2 is 1.71 bits per heavy atom. The fourth-order valence-corrected chi connectivity index (χ4v) is 3.89. The molecule has 0 radical (unpaired) electrons. The molecule has 0 N–H and O–H groups in total. The number of likely N-dealkylation sites (N-methyl/N-ethyl adjacent to an activating group) is 1. The molecule has 1 aromatic carbocycles. The lowest BCUT2D eigenvalue weighted by Crippen LogP contribution is -2.45. The second-order valence-corrected chi connectivity index (χ2v) is 8.31. The lowest BCUT2D eigenvalue weighted by molar-refractivity contribution is -0.151. The van der Waals surface area contributed by atoms with Crippen molar-refractivity contribution >= 4 is 17.8 Å². The minimum Gasteiger partial charge on any atom is -0.490 e. The van der Waals surface area contributed by atoms with Gasteiger partial charge >= 0.3 is 5.97 Å². The number of likely N-dealkylation sites (tertiary alicyclic amines) is 1. The minimum atomic E-state index is -0.290. The normalized spacial score (nSPS) is 13.7. The van der Waals surface area contributed by atoms with Crippen molar-refractivity contribution in [1.82, 2.24) is 14.8 Å². The van der Waals surface area contributed by atoms with Crippen LogP contribution >= 0.6 is 0 Å². The summed E-state index contributed by atoms with van der Waals surface area (Å²) in [5.74, 6) is 0.184. The third-order valence-electron chi connectivity index (χ3n) is 5.82. The maximum Gasteiger partial charge on any atom is 0.309 e. The molecule has 0 bridgehead atoms. The van der Waals surface area contributed by atoms with Gasteiger partial charge in [0.2, 0.25) is 5.91 Å². The maximum atomic E-state index is 13.0. The quantitative estimate of drug-likeness (QED) is 0.479. The lowest BCUT2D eigenvalue weighted by Gasteiger charge is -2.32. The van der Waals surface area contributed by atoms with Crippen molar-refractivity contribution in [1.29, 1.82) is 0 Å². The van der Waals surface area contributed by atoms with Gasteiger partial charge in [-0.2, -0.15) is 0 Å². The number of aromatic nitrogens is 1. The van der Waals surface area contributed by atoms with Gasteiger partial charge in [0.15, 0.2) is 11.5 Å². The van der Waals surface area contributed by atoms with Crippen LogP contribution in [0.5, 0.6) is 11.5 Å². The smallest absolute Gasteiger partial charge is 0.309 e. The van der Waals surface area contributed by atoms with Crippen LogP contribution in [0.4, 0.5) is 0 Å². The molecular formula is C26H33N3O6. The van der Waals surface area contributed by atoms with Crippen molar-refractivity contribution in [3.63, 3.8) is 0 Å². The van der Waals surface area contributed by atoms with Crippen LogP contribution < -0.4 is 9.47 Å². The lowest BCUT2D eigenvalue weighted by atomic mass is 9.97. The maximum absolute atomic E-state index is 13.0. The van der Waals surface area contributed by atoms with E-state index in [2.05, 4.69) is 4.98 Å². The molecule has 0 unspecified atom stereocenters. The van der Waals surface area contributed by atoms with E-state index in [1.54, 1.807) is 49.5 Å². The second kappa shape index (κ2) is 12.7. The van der Waals surface area contributed by atoms with E-state index in [1.165, 1.54) is 4.90 Å². The van der Waals surface area contributed by atoms with Crippen LogP contribution in [0.3, 0.4) is 0 Å². The molecule has 0 aliphatic carbocycles. The van der Waals surface area contributed by atoms with Gasteiger partial charge in [0, 0.05) is 38.1 Å². The van der Waals surface area contributed by atoms with Gasteiger partial charge in [-0.3, -0.25) is 19.4 Å². The SMILES string of the molecule is CCOC(=O)C1CCN(C(=O)CN(C)C(=O)c2ccc(OCc3ccncc3)c(OCC)c2)CC1. The number of ether oxygens (including phenoxy) is 3. The van der Waals surface area contributed by atoms with Crippen molar-refractivity contribution in [3.05, 3.63) is 53.9 Å². The summed E-state index contributed by atoms with van der Waals surface area (Å²) in [7, 11) is 1.60. The Morgan fingerprint density at radius 1 is 1.00 bits per heavy atom. The first-order chi connectivity index (χ1) is 16.9. The molecule has 188 valence electrons. The van der Waals surface area contributed by atoms with Crippen LogP contribution in [-0.4, -0.2) is 72.5 Å². The fraction of sp³-hybridized carbons (Fsp3) is 0.462. The number of hydrogen-bond donors (Lipinski definition) is 0. The van der Waals surface area contributed by atoms with Crippen LogP contribution in [0.25, 0.3) is 0 Å². The monoisotopic (exact) mass is 483 g/mol. The van der Waals surface area contributed by atoms with Crippen LogP contribution in [-0.2, 0) is 20.9 Å². The number of nitrogens with zero attached hydrogens (tertiary/aromatic N) is 3. The molecule has 3 rings (SSSR count). The Hall–Kier alpha value is -3.62. The summed E-state index contributed by atoms with van der Waals surface area (Å²) in [6.07, 6.45) is 4.54. The number of carbonyl (C=O) groups is 3. The van der Waals surface area contributed by atoms with Gasteiger partial charge in [-0.15, -0.1) is 0 Å². The van der Waals surface area contributed by atoms with Crippen LogP contribution in [0.15, 0.2) is 42.7 Å². The number of hydrogen-bond acceptors (Lipinski definition) is 7. The molecule has 2 amide bonds. The molecule has 1 fully saturated rings. The molecule has 35 heavy (non-hydrogen) atoms. The fourth-order valence-electron chi connectivity index (χ4n) is 3.89. The van der Waals surface area contributed by atoms with Crippen molar-refractivity contribution in [3.8, 4) is 11.5 Å². The Bertz CT molecular complexity index is 1010. The number of esters is 1. The highest BCUT2D eigenvalue weighted by molar-refractivity contribution is 5.97. The number of piperidine rings is 1. The average molecular weight is 484 g/mol. The summed E-state index contributed by atoms with van der Waals surface area (Å²) in [4.78, 5) is 44.8. The van der Waals surface area contributed by atoms with E-state index in [4.69, 9.17) is 14.2 Å². The van der Waals surface area contributed by atoms with Crippen LogP contribution in [0.1, 0.15) is 42.6 Å². The van der Waals surface area contributed by atoms with Gasteiger partial charge in [-0.1, -0.05) is 0 Å². The zero-order valence-electron chi connectivity index (χ0n) is 20.6. The van der Waals surface area contributed by atoms with Crippen molar-refractivity contribution < 1.29 is 28.6 Å². The molecule has 9 heteroatoms. The van der Waals surface area contributed by atoms with Crippen LogP contribution in [0.2, 0.25) is 0 Å². The van der Waals surface area contributed by atoms with E-state index in [9.17, 15) is 14.4 Å². The molecule has 1 aliphatic heterocycles. The van der Waals surface area contributed by atoms with Gasteiger partial charge in [-0.05, 0) is 62.6 Å². The zero-order valence-corrected chi connectivity index (χ0v) is 20.6. The highest BCUT2D eigenvalue weighted by Crippen LogP contribution is 2.30. The van der Waals surface area contributed by atoms with Gasteiger partial charge in [0.25, 0.3) is 5.91 Å². The Kier molecular flexibility index (Phi) is 9.46. The highest BCUT2D eigenvalue weighted by Gasteiger charge is 2.29. The summed E-state index contributed by atoms with van der Waals surface area (Å²) in [6, 6.07) is 8.74. The van der Waals surface area contributed by atoms with Gasteiger partial charge in [-0.25, -0.2) is 0 Å². The van der Waals surface area contributed by atoms with Gasteiger partial charge < -0.3 is 24.0 Å². The van der Waals surface area contributed by atoms with Crippen molar-refractivity contribution in [2.75, 3.05) is 39.9 Å². The number of carbonyl (C=O) groups excluding carboxylic acids is 3. The first-order valence-corrected chi connectivity index (χ1v) is 11.9. The molecule has 0 saturated carbocycles. The van der Waals surface area contributed by atoms with E-state index in [-0.39, 0.29) is 30.2 Å². The Labute approximate surface area is 206 Å². The average Bonchev–Trinajstić information content (AvgIpc) is 2.88. The van der Waals surface area contributed by atoms with E-state index >= 15 is 0 Å². The molecule has 1 aromatic heterocycles. The third kappa shape index (κ3) is 7.18. The molecule has 9 nitrogen and oxygen atoms in total. The third-order valence-corrected chi connectivity index (χ3v) is 5.82. The molecule has 2 heterocycles. The number of pyridine rings is 1. The molecule has 1 aliphatic rings. The summed E-state index contributed by atoms with van der Waals surface area (Å²) in [6.45, 7) is 5.66. The van der Waals surface area contributed by atoms with E-state index in [0.717, 1.165) is 5.56 Å². The first kappa shape index (κ1) is 26.0. The number of rotatable bonds is 10. The second-order valence-electron chi connectivity index (χ2n) is 8.31. The summed E-state index contributed by atoms with van der Waals surface area (Å²) in [5, 5.41) is 0. The summed E-state index contributed by atoms with van der Waals surface area (Å²) in [5.41, 5.74) is 1.37. The number of amides is 2. The zero-order chi connectivity index (χ0) is 25.2. The van der Waals surface area contributed by atoms with Crippen molar-refractivity contribution in [2.45, 2.75) is 33.3 Å². The molecular weight excluding hydrogens is 450 g/mol. The largest absolute Gasteiger partial charge is 0.490 e. The van der Waals surface area contributed by atoms with Crippen LogP contribution in [0, 0.1) is 5.92 Å². The van der Waals surface area contributed by atoms with E-state index in [1.807, 2.05) is 19.1 Å². The molecule has 0 spiro atoms. The number of benzene rings is 1. The standard InChI is InChI=1S/C26H33N3O6/c1-4-33-23-16-21(6-7-22(23)35-18-19-8-12-27-13-9-19)25(31)28(3)17-24(30)29-14-10-20(11-15-29)26(32)34-5-2/h6-9,12-13,16,20H,4-5,10-11,14-15,17-18H2,1-3H3. The van der Waals surface area contributed by atoms with E-state index in [0.29, 0.717) is 62.8 Å². The van der Waals surface area contributed by atoms with E-state index < -0.39 is 0 Å². The molecule has 1 saturated heterocycles. The van der Waals surface area contributed by atoms with Gasteiger partial charge in [0.05, 0.1) is 25.7 Å².